The van der Waals surface area contributed by atoms with Gasteiger partial charge in [0.1, 0.15) is 5.54 Å². The molecule has 1 rings (SSSR count). The first kappa shape index (κ1) is 13.5. The summed E-state index contributed by atoms with van der Waals surface area (Å²) in [6.07, 6.45) is 0. The highest BCUT2D eigenvalue weighted by atomic mass is 15.1. The molecule has 0 radical (unpaired) electrons. The second kappa shape index (κ2) is 5.70. The molecule has 0 saturated heterocycles. The second-order valence-electron chi connectivity index (χ2n) is 4.67. The molecular weight excluding hydrogens is 210 g/mol. The third-order valence-corrected chi connectivity index (χ3v) is 2.81. The van der Waals surface area contributed by atoms with Crippen molar-refractivity contribution in [2.75, 3.05) is 25.0 Å². The van der Waals surface area contributed by atoms with Gasteiger partial charge in [0.2, 0.25) is 0 Å². The van der Waals surface area contributed by atoms with Crippen molar-refractivity contribution in [3.8, 4) is 6.07 Å². The molecule has 1 unspecified atom stereocenters. The van der Waals surface area contributed by atoms with E-state index in [1.165, 1.54) is 5.56 Å². The number of nitrogens with one attached hydrogen (secondary N) is 1. The fourth-order valence-corrected chi connectivity index (χ4v) is 1.95. The number of anilines is 1. The van der Waals surface area contributed by atoms with Crippen molar-refractivity contribution in [2.24, 2.45) is 0 Å². The SMILES string of the molecule is CCNC(C)(C#N)CN(C)c1cccc(C)c1. The lowest BCUT2D eigenvalue weighted by atomic mass is 10.0. The zero-order valence-corrected chi connectivity index (χ0v) is 11.1. The van der Waals surface area contributed by atoms with Crippen LogP contribution >= 0.6 is 0 Å². The molecule has 0 aromatic heterocycles. The standard InChI is InChI=1S/C14H21N3/c1-5-16-14(3,10-15)11-17(4)13-8-6-7-12(2)9-13/h6-9,16H,5,11H2,1-4H3. The van der Waals surface area contributed by atoms with Gasteiger partial charge in [-0.2, -0.15) is 5.26 Å². The van der Waals surface area contributed by atoms with E-state index >= 15 is 0 Å². The van der Waals surface area contributed by atoms with Gasteiger partial charge in [0.05, 0.1) is 6.07 Å². The first-order chi connectivity index (χ1) is 8.00. The molecule has 92 valence electrons. The van der Waals surface area contributed by atoms with Gasteiger partial charge in [-0.25, -0.2) is 0 Å². The molecule has 1 aromatic rings. The minimum atomic E-state index is -0.507. The third-order valence-electron chi connectivity index (χ3n) is 2.81. The lowest BCUT2D eigenvalue weighted by Gasteiger charge is -2.30. The Balaban J connectivity index is 2.78. The molecule has 3 nitrogen and oxygen atoms in total. The van der Waals surface area contributed by atoms with E-state index in [0.29, 0.717) is 6.54 Å². The molecule has 0 saturated carbocycles. The highest BCUT2D eigenvalue weighted by Crippen LogP contribution is 2.16. The van der Waals surface area contributed by atoms with Crippen LogP contribution in [0.2, 0.25) is 0 Å². The van der Waals surface area contributed by atoms with Crippen LogP contribution in [0.25, 0.3) is 0 Å². The summed E-state index contributed by atoms with van der Waals surface area (Å²) in [5.74, 6) is 0. The van der Waals surface area contributed by atoms with Gasteiger partial charge >= 0.3 is 0 Å². The quantitative estimate of drug-likeness (QED) is 0.845. The first-order valence-corrected chi connectivity index (χ1v) is 5.95. The van der Waals surface area contributed by atoms with Crippen LogP contribution in [-0.2, 0) is 0 Å². The highest BCUT2D eigenvalue weighted by Gasteiger charge is 2.24. The van der Waals surface area contributed by atoms with E-state index in [2.05, 4.69) is 41.4 Å². The Morgan fingerprint density at radius 3 is 2.71 bits per heavy atom. The van der Waals surface area contributed by atoms with Crippen molar-refractivity contribution in [2.45, 2.75) is 26.3 Å². The molecule has 1 aromatic carbocycles. The van der Waals surface area contributed by atoms with Crippen LogP contribution in [0.5, 0.6) is 0 Å². The summed E-state index contributed by atoms with van der Waals surface area (Å²) in [6.45, 7) is 7.49. The van der Waals surface area contributed by atoms with Gasteiger partial charge in [0.15, 0.2) is 0 Å². The number of likely N-dealkylation sites (N-methyl/N-ethyl adjacent to an activating group) is 2. The third kappa shape index (κ3) is 3.76. The molecule has 0 aliphatic heterocycles. The van der Waals surface area contributed by atoms with Crippen LogP contribution in [0.15, 0.2) is 24.3 Å². The molecule has 0 amide bonds. The van der Waals surface area contributed by atoms with Gasteiger partial charge in [0, 0.05) is 19.3 Å². The fraction of sp³-hybridized carbons (Fsp3) is 0.500. The fourth-order valence-electron chi connectivity index (χ4n) is 1.95. The molecule has 1 N–H and O–H groups in total. The first-order valence-electron chi connectivity index (χ1n) is 5.95. The number of rotatable bonds is 5. The monoisotopic (exact) mass is 231 g/mol. The van der Waals surface area contributed by atoms with E-state index in [4.69, 9.17) is 0 Å². The molecule has 3 heteroatoms. The van der Waals surface area contributed by atoms with E-state index in [0.717, 1.165) is 12.2 Å². The average Bonchev–Trinajstić information content (AvgIpc) is 2.29. The van der Waals surface area contributed by atoms with Crippen LogP contribution in [0.1, 0.15) is 19.4 Å². The molecule has 0 fully saturated rings. The van der Waals surface area contributed by atoms with Crippen molar-refractivity contribution in [3.05, 3.63) is 29.8 Å². The molecule has 17 heavy (non-hydrogen) atoms. The van der Waals surface area contributed by atoms with E-state index in [1.54, 1.807) is 0 Å². The van der Waals surface area contributed by atoms with Crippen LogP contribution in [0.4, 0.5) is 5.69 Å². The summed E-state index contributed by atoms with van der Waals surface area (Å²) in [6, 6.07) is 10.7. The smallest absolute Gasteiger partial charge is 0.121 e. The number of aryl methyl sites for hydroxylation is 1. The number of benzene rings is 1. The zero-order valence-electron chi connectivity index (χ0n) is 11.1. The van der Waals surface area contributed by atoms with Crippen molar-refractivity contribution < 1.29 is 0 Å². The van der Waals surface area contributed by atoms with Gasteiger partial charge in [-0.15, -0.1) is 0 Å². The van der Waals surface area contributed by atoms with E-state index in [9.17, 15) is 5.26 Å². The minimum absolute atomic E-state index is 0.507. The number of nitrogens with zero attached hydrogens (tertiary/aromatic N) is 2. The summed E-state index contributed by atoms with van der Waals surface area (Å²) in [7, 11) is 2.02. The molecule has 0 bridgehead atoms. The maximum atomic E-state index is 9.23. The van der Waals surface area contributed by atoms with Crippen molar-refractivity contribution >= 4 is 5.69 Å². The second-order valence-corrected chi connectivity index (χ2v) is 4.67. The number of hydrogen-bond donors (Lipinski definition) is 1. The predicted molar refractivity (Wildman–Crippen MR) is 72.1 cm³/mol. The van der Waals surface area contributed by atoms with E-state index in [-0.39, 0.29) is 0 Å². The summed E-state index contributed by atoms with van der Waals surface area (Å²) >= 11 is 0. The Morgan fingerprint density at radius 2 is 2.18 bits per heavy atom. The summed E-state index contributed by atoms with van der Waals surface area (Å²) in [5, 5.41) is 12.4. The lowest BCUT2D eigenvalue weighted by Crippen LogP contribution is -2.49. The molecule has 0 heterocycles. The maximum Gasteiger partial charge on any atom is 0.121 e. The van der Waals surface area contributed by atoms with Crippen LogP contribution in [0, 0.1) is 18.3 Å². The summed E-state index contributed by atoms with van der Waals surface area (Å²) in [5.41, 5.74) is 1.87. The number of nitriles is 1. The molecular formula is C14H21N3. The van der Waals surface area contributed by atoms with Crippen molar-refractivity contribution in [1.29, 1.82) is 5.26 Å². The summed E-state index contributed by atoms with van der Waals surface area (Å²) in [4.78, 5) is 2.11. The highest BCUT2D eigenvalue weighted by molar-refractivity contribution is 5.48. The molecule has 1 atom stereocenters. The topological polar surface area (TPSA) is 39.1 Å². The summed E-state index contributed by atoms with van der Waals surface area (Å²) < 4.78 is 0. The number of hydrogen-bond acceptors (Lipinski definition) is 3. The van der Waals surface area contributed by atoms with Crippen LogP contribution in [-0.4, -0.2) is 25.7 Å². The molecule has 0 aliphatic carbocycles. The van der Waals surface area contributed by atoms with Crippen LogP contribution in [0.3, 0.4) is 0 Å². The Hall–Kier alpha value is -1.53. The lowest BCUT2D eigenvalue weighted by molar-refractivity contribution is 0.462. The Labute approximate surface area is 104 Å². The Bertz CT molecular complexity index is 408. The van der Waals surface area contributed by atoms with Crippen molar-refractivity contribution in [1.82, 2.24) is 5.32 Å². The minimum Gasteiger partial charge on any atom is -0.372 e. The van der Waals surface area contributed by atoms with Gasteiger partial charge < -0.3 is 4.90 Å². The van der Waals surface area contributed by atoms with Gasteiger partial charge in [-0.1, -0.05) is 19.1 Å². The van der Waals surface area contributed by atoms with Gasteiger partial charge in [0.25, 0.3) is 0 Å². The zero-order chi connectivity index (χ0) is 12.9. The van der Waals surface area contributed by atoms with E-state index in [1.807, 2.05) is 27.0 Å². The Morgan fingerprint density at radius 1 is 1.47 bits per heavy atom. The van der Waals surface area contributed by atoms with Gasteiger partial charge in [-0.3, -0.25) is 5.32 Å². The van der Waals surface area contributed by atoms with Crippen molar-refractivity contribution in [3.63, 3.8) is 0 Å². The Kier molecular flexibility index (Phi) is 4.53. The van der Waals surface area contributed by atoms with Gasteiger partial charge in [-0.05, 0) is 38.1 Å². The normalized spacial score (nSPS) is 13.8. The average molecular weight is 231 g/mol. The predicted octanol–water partition coefficient (Wildman–Crippen LogP) is 2.32. The molecule has 0 spiro atoms. The van der Waals surface area contributed by atoms with E-state index < -0.39 is 5.54 Å². The van der Waals surface area contributed by atoms with Crippen LogP contribution < -0.4 is 10.2 Å². The largest absolute Gasteiger partial charge is 0.372 e. The molecule has 0 aliphatic rings. The maximum absolute atomic E-state index is 9.23.